The maximum absolute atomic E-state index is 14.0. The minimum absolute atomic E-state index is 0.0270. The van der Waals surface area contributed by atoms with Crippen LogP contribution in [0.25, 0.3) is 10.9 Å². The maximum Gasteiger partial charge on any atom is 0.218 e. The topological polar surface area (TPSA) is 61.8 Å². The van der Waals surface area contributed by atoms with E-state index in [1.54, 1.807) is 25.3 Å². The summed E-state index contributed by atoms with van der Waals surface area (Å²) in [7, 11) is 1.62. The number of pyridine rings is 1. The minimum Gasteiger partial charge on any atom is -0.497 e. The van der Waals surface area contributed by atoms with E-state index in [0.717, 1.165) is 22.2 Å². The summed E-state index contributed by atoms with van der Waals surface area (Å²) in [4.78, 5) is 4.67. The molecule has 0 spiro atoms. The highest BCUT2D eigenvalue weighted by Crippen LogP contribution is 2.26. The number of benzene rings is 2. The molecule has 1 fully saturated rings. The molecule has 7 heteroatoms. The third-order valence-corrected chi connectivity index (χ3v) is 4.96. The van der Waals surface area contributed by atoms with Crippen molar-refractivity contribution in [1.82, 2.24) is 10.3 Å². The number of fused-ring (bicyclic) bond motifs is 1. The molecule has 1 atom stereocenters. The van der Waals surface area contributed by atoms with E-state index in [1.165, 1.54) is 6.07 Å². The number of rotatable bonds is 8. The lowest BCUT2D eigenvalue weighted by molar-refractivity contribution is -0.0864. The highest BCUT2D eigenvalue weighted by Gasteiger charge is 2.15. The molecule has 0 amide bonds. The van der Waals surface area contributed by atoms with Crippen LogP contribution in [0.3, 0.4) is 0 Å². The fraction of sp³-hybridized carbons (Fsp3) is 0.348. The van der Waals surface area contributed by atoms with Gasteiger partial charge in [-0.3, -0.25) is 0 Å². The van der Waals surface area contributed by atoms with Gasteiger partial charge in [-0.2, -0.15) is 0 Å². The predicted octanol–water partition coefficient (Wildman–Crippen LogP) is 3.47. The Kier molecular flexibility index (Phi) is 6.74. The molecule has 1 N–H and O–H groups in total. The normalized spacial score (nSPS) is 16.5. The number of methoxy groups -OCH3 is 1. The number of nitrogens with one attached hydrogen (secondary N) is 1. The summed E-state index contributed by atoms with van der Waals surface area (Å²) < 4.78 is 36.3. The standard InChI is InChI=1S/C23H25FN2O4/c1-27-19-7-6-16-10-18(12-25-13-20-15-28-8-9-29-20)23(26-22(16)11-19)30-14-17-4-2-3-5-21(17)24/h2-7,10-11,20,25H,8-9,12-15H2,1H3. The molecule has 1 aliphatic rings. The molecule has 0 aliphatic carbocycles. The monoisotopic (exact) mass is 412 g/mol. The first-order valence-electron chi connectivity index (χ1n) is 9.97. The fourth-order valence-electron chi connectivity index (χ4n) is 3.34. The maximum atomic E-state index is 14.0. The molecule has 2 heterocycles. The second-order valence-electron chi connectivity index (χ2n) is 7.09. The zero-order valence-corrected chi connectivity index (χ0v) is 16.9. The molecule has 30 heavy (non-hydrogen) atoms. The third-order valence-electron chi connectivity index (χ3n) is 4.96. The Morgan fingerprint density at radius 1 is 1.13 bits per heavy atom. The number of aromatic nitrogens is 1. The van der Waals surface area contributed by atoms with Gasteiger partial charge in [0.05, 0.1) is 38.6 Å². The van der Waals surface area contributed by atoms with Gasteiger partial charge < -0.3 is 24.3 Å². The van der Waals surface area contributed by atoms with Crippen LogP contribution < -0.4 is 14.8 Å². The number of hydrogen-bond donors (Lipinski definition) is 1. The second kappa shape index (κ2) is 9.84. The summed E-state index contributed by atoms with van der Waals surface area (Å²) in [5.41, 5.74) is 2.13. The van der Waals surface area contributed by atoms with Gasteiger partial charge in [0, 0.05) is 35.7 Å². The van der Waals surface area contributed by atoms with Crippen LogP contribution in [0.5, 0.6) is 11.6 Å². The van der Waals surface area contributed by atoms with Crippen LogP contribution in [0.4, 0.5) is 4.39 Å². The predicted molar refractivity (Wildman–Crippen MR) is 111 cm³/mol. The van der Waals surface area contributed by atoms with E-state index in [0.29, 0.717) is 44.4 Å². The van der Waals surface area contributed by atoms with Gasteiger partial charge >= 0.3 is 0 Å². The van der Waals surface area contributed by atoms with Crippen LogP contribution in [0.15, 0.2) is 48.5 Å². The number of halogens is 1. The van der Waals surface area contributed by atoms with Crippen molar-refractivity contribution in [3.05, 3.63) is 65.5 Å². The first kappa shape index (κ1) is 20.5. The van der Waals surface area contributed by atoms with E-state index >= 15 is 0 Å². The molecule has 0 bridgehead atoms. The quantitative estimate of drug-likeness (QED) is 0.611. The highest BCUT2D eigenvalue weighted by atomic mass is 19.1. The molecule has 1 aromatic heterocycles. The van der Waals surface area contributed by atoms with Gasteiger partial charge in [-0.25, -0.2) is 9.37 Å². The lowest BCUT2D eigenvalue weighted by Crippen LogP contribution is -2.37. The molecule has 4 rings (SSSR count). The van der Waals surface area contributed by atoms with Crippen molar-refractivity contribution in [2.45, 2.75) is 19.3 Å². The van der Waals surface area contributed by atoms with Gasteiger partial charge in [0.1, 0.15) is 18.2 Å². The Morgan fingerprint density at radius 3 is 2.83 bits per heavy atom. The van der Waals surface area contributed by atoms with E-state index in [-0.39, 0.29) is 18.5 Å². The smallest absolute Gasteiger partial charge is 0.218 e. The Balaban J connectivity index is 1.53. The largest absolute Gasteiger partial charge is 0.497 e. The first-order valence-corrected chi connectivity index (χ1v) is 9.97. The molecule has 6 nitrogen and oxygen atoms in total. The lowest BCUT2D eigenvalue weighted by atomic mass is 10.1. The summed E-state index contributed by atoms with van der Waals surface area (Å²) in [5.74, 6) is 0.886. The van der Waals surface area contributed by atoms with E-state index in [1.807, 2.05) is 24.3 Å². The summed E-state index contributed by atoms with van der Waals surface area (Å²) in [6.45, 7) is 3.14. The van der Waals surface area contributed by atoms with Gasteiger partial charge in [-0.05, 0) is 24.3 Å². The zero-order valence-electron chi connectivity index (χ0n) is 16.9. The van der Waals surface area contributed by atoms with E-state index in [4.69, 9.17) is 18.9 Å². The molecule has 0 saturated carbocycles. The van der Waals surface area contributed by atoms with Gasteiger partial charge in [-0.1, -0.05) is 18.2 Å². The molecule has 2 aromatic carbocycles. The number of ether oxygens (including phenoxy) is 4. The van der Waals surface area contributed by atoms with Gasteiger partial charge in [0.2, 0.25) is 5.88 Å². The molecule has 0 radical (unpaired) electrons. The number of hydrogen-bond acceptors (Lipinski definition) is 6. The van der Waals surface area contributed by atoms with Gasteiger partial charge in [-0.15, -0.1) is 0 Å². The van der Waals surface area contributed by atoms with Gasteiger partial charge in [0.15, 0.2) is 0 Å². The van der Waals surface area contributed by atoms with Crippen molar-refractivity contribution in [2.24, 2.45) is 0 Å². The molecule has 1 aliphatic heterocycles. The van der Waals surface area contributed by atoms with Crippen molar-refractivity contribution in [2.75, 3.05) is 33.5 Å². The highest BCUT2D eigenvalue weighted by molar-refractivity contribution is 5.81. The van der Waals surface area contributed by atoms with Crippen LogP contribution >= 0.6 is 0 Å². The minimum atomic E-state index is -0.297. The molecule has 158 valence electrons. The zero-order chi connectivity index (χ0) is 20.8. The molecular weight excluding hydrogens is 387 g/mol. The van der Waals surface area contributed by atoms with Crippen molar-refractivity contribution >= 4 is 10.9 Å². The van der Waals surface area contributed by atoms with Gasteiger partial charge in [0.25, 0.3) is 0 Å². The number of nitrogens with zero attached hydrogens (tertiary/aromatic N) is 1. The third kappa shape index (κ3) is 5.05. The average molecular weight is 412 g/mol. The summed E-state index contributed by atoms with van der Waals surface area (Å²) in [5, 5.41) is 4.36. The van der Waals surface area contributed by atoms with E-state index < -0.39 is 0 Å². The second-order valence-corrected chi connectivity index (χ2v) is 7.09. The van der Waals surface area contributed by atoms with Crippen molar-refractivity contribution in [3.63, 3.8) is 0 Å². The van der Waals surface area contributed by atoms with E-state index in [9.17, 15) is 4.39 Å². The summed E-state index contributed by atoms with van der Waals surface area (Å²) in [6.07, 6.45) is 0.0270. The lowest BCUT2D eigenvalue weighted by Gasteiger charge is -2.23. The van der Waals surface area contributed by atoms with Crippen molar-refractivity contribution < 1.29 is 23.3 Å². The van der Waals surface area contributed by atoms with Crippen LogP contribution in [-0.2, 0) is 22.6 Å². The summed E-state index contributed by atoms with van der Waals surface area (Å²) >= 11 is 0. The van der Waals surface area contributed by atoms with Crippen LogP contribution in [0.1, 0.15) is 11.1 Å². The molecule has 3 aromatic rings. The summed E-state index contributed by atoms with van der Waals surface area (Å²) in [6, 6.07) is 14.3. The Bertz CT molecular complexity index is 992. The van der Waals surface area contributed by atoms with Crippen molar-refractivity contribution in [1.29, 1.82) is 0 Å². The Labute approximate surface area is 174 Å². The van der Waals surface area contributed by atoms with Crippen LogP contribution in [0, 0.1) is 5.82 Å². The Morgan fingerprint density at radius 2 is 2.03 bits per heavy atom. The Hall–Kier alpha value is -2.74. The van der Waals surface area contributed by atoms with E-state index in [2.05, 4.69) is 10.3 Å². The fourth-order valence-corrected chi connectivity index (χ4v) is 3.34. The molecule has 1 unspecified atom stereocenters. The van der Waals surface area contributed by atoms with Crippen LogP contribution in [-0.4, -0.2) is 44.6 Å². The van der Waals surface area contributed by atoms with Crippen molar-refractivity contribution in [3.8, 4) is 11.6 Å². The first-order chi connectivity index (χ1) is 14.7. The average Bonchev–Trinajstić information content (AvgIpc) is 2.79. The van der Waals surface area contributed by atoms with Crippen LogP contribution in [0.2, 0.25) is 0 Å². The SMILES string of the molecule is COc1ccc2cc(CNCC3COCCO3)c(OCc3ccccc3F)nc2c1. The molecule has 1 saturated heterocycles. The molecular formula is C23H25FN2O4.